The third-order valence-electron chi connectivity index (χ3n) is 3.58. The van der Waals surface area contributed by atoms with E-state index in [2.05, 4.69) is 0 Å². The smallest absolute Gasteiger partial charge is 0.202 e. The van der Waals surface area contributed by atoms with E-state index in [1.807, 2.05) is 68.4 Å². The lowest BCUT2D eigenvalue weighted by Gasteiger charge is -2.15. The van der Waals surface area contributed by atoms with Crippen LogP contribution >= 0.6 is 7.37 Å². The summed E-state index contributed by atoms with van der Waals surface area (Å²) in [4.78, 5) is 0. The average molecular weight is 318 g/mol. The Bertz CT molecular complexity index is 617. The Balaban J connectivity index is 1.94. The highest BCUT2D eigenvalue weighted by atomic mass is 31.2. The van der Waals surface area contributed by atoms with E-state index in [4.69, 9.17) is 9.26 Å². The normalized spacial score (nSPS) is 11.4. The Labute approximate surface area is 132 Å². The molecule has 2 rings (SSSR count). The van der Waals surface area contributed by atoms with Gasteiger partial charge in [-0.05, 0) is 23.3 Å². The van der Waals surface area contributed by atoms with Crippen molar-refractivity contribution in [2.75, 3.05) is 12.3 Å². The van der Waals surface area contributed by atoms with Crippen molar-refractivity contribution >= 4 is 7.37 Å². The van der Waals surface area contributed by atoms with E-state index in [9.17, 15) is 4.57 Å². The molecule has 0 saturated heterocycles. The number of hydrogen-bond donors (Lipinski definition) is 0. The Hall–Kier alpha value is -1.57. The van der Waals surface area contributed by atoms with Gasteiger partial charge in [0.25, 0.3) is 0 Å². The van der Waals surface area contributed by atoms with Crippen LogP contribution in [-0.4, -0.2) is 12.3 Å². The molecule has 0 atom stereocenters. The lowest BCUT2D eigenvalue weighted by Crippen LogP contribution is -1.98. The van der Waals surface area contributed by atoms with Crippen LogP contribution in [0.1, 0.15) is 25.0 Å². The minimum Gasteiger partial charge on any atom is -0.489 e. The van der Waals surface area contributed by atoms with Gasteiger partial charge in [0.15, 0.2) is 0 Å². The van der Waals surface area contributed by atoms with E-state index in [0.717, 1.165) is 16.9 Å². The van der Waals surface area contributed by atoms with E-state index in [1.54, 1.807) is 0 Å². The maximum absolute atomic E-state index is 12.3. The van der Waals surface area contributed by atoms with Crippen LogP contribution < -0.4 is 4.74 Å². The highest BCUT2D eigenvalue weighted by molar-refractivity contribution is 7.58. The molecule has 0 amide bonds. The van der Waals surface area contributed by atoms with Gasteiger partial charge in [0, 0.05) is 12.3 Å². The zero-order valence-electron chi connectivity index (χ0n) is 13.2. The molecule has 118 valence electrons. The summed E-state index contributed by atoms with van der Waals surface area (Å²) in [6.45, 7) is 4.71. The lowest BCUT2D eigenvalue weighted by atomic mass is 10.2. The summed E-state index contributed by atoms with van der Waals surface area (Å²) < 4.78 is 23.7. The van der Waals surface area contributed by atoms with Gasteiger partial charge in [-0.2, -0.15) is 0 Å². The molecule has 0 radical (unpaired) electrons. The van der Waals surface area contributed by atoms with E-state index in [-0.39, 0.29) is 0 Å². The van der Waals surface area contributed by atoms with Gasteiger partial charge >= 0.3 is 0 Å². The fourth-order valence-corrected chi connectivity index (χ4v) is 3.26. The first-order chi connectivity index (χ1) is 10.6. The van der Waals surface area contributed by atoms with Crippen molar-refractivity contribution in [1.82, 2.24) is 0 Å². The van der Waals surface area contributed by atoms with Crippen LogP contribution in [0.15, 0.2) is 54.6 Å². The number of ether oxygens (including phenoxy) is 1. The van der Waals surface area contributed by atoms with Crippen molar-refractivity contribution in [3.05, 3.63) is 65.7 Å². The molecule has 0 spiro atoms. The molecular weight excluding hydrogens is 295 g/mol. The monoisotopic (exact) mass is 318 g/mol. The molecule has 0 fully saturated rings. The molecule has 0 saturated carbocycles. The molecular formula is C18H23O3P. The number of benzene rings is 2. The van der Waals surface area contributed by atoms with Crippen molar-refractivity contribution in [3.8, 4) is 5.75 Å². The molecule has 0 aliphatic heterocycles. The van der Waals surface area contributed by atoms with Gasteiger partial charge in [-0.25, -0.2) is 0 Å². The second-order valence-electron chi connectivity index (χ2n) is 5.14. The SMILES string of the molecule is CCP(=O)(CC)OCc1cccc(OCc2ccccc2)c1. The van der Waals surface area contributed by atoms with Crippen molar-refractivity contribution < 1.29 is 13.8 Å². The fourth-order valence-electron chi connectivity index (χ4n) is 2.06. The summed E-state index contributed by atoms with van der Waals surface area (Å²) in [7, 11) is -2.47. The van der Waals surface area contributed by atoms with Gasteiger partial charge in [0.2, 0.25) is 7.37 Å². The van der Waals surface area contributed by atoms with Crippen LogP contribution in [0.2, 0.25) is 0 Å². The number of hydrogen-bond acceptors (Lipinski definition) is 3. The first kappa shape index (κ1) is 16.8. The summed E-state index contributed by atoms with van der Waals surface area (Å²) in [5.41, 5.74) is 2.11. The second-order valence-corrected chi connectivity index (χ2v) is 8.29. The third kappa shape index (κ3) is 5.01. The van der Waals surface area contributed by atoms with Crippen LogP contribution in [0.25, 0.3) is 0 Å². The zero-order valence-corrected chi connectivity index (χ0v) is 14.1. The molecule has 0 bridgehead atoms. The molecule has 0 aromatic heterocycles. The predicted molar refractivity (Wildman–Crippen MR) is 90.7 cm³/mol. The highest BCUT2D eigenvalue weighted by Crippen LogP contribution is 2.46. The number of rotatable bonds is 8. The first-order valence-electron chi connectivity index (χ1n) is 7.63. The summed E-state index contributed by atoms with van der Waals surface area (Å²) in [6, 6.07) is 17.8. The minimum atomic E-state index is -2.47. The van der Waals surface area contributed by atoms with E-state index >= 15 is 0 Å². The van der Waals surface area contributed by atoms with Crippen LogP contribution in [-0.2, 0) is 22.3 Å². The maximum atomic E-state index is 12.3. The molecule has 0 N–H and O–H groups in total. The lowest BCUT2D eigenvalue weighted by molar-refractivity contribution is 0.295. The van der Waals surface area contributed by atoms with Crippen molar-refractivity contribution in [3.63, 3.8) is 0 Å². The Morgan fingerprint density at radius 1 is 0.864 bits per heavy atom. The minimum absolute atomic E-state index is 0.363. The summed E-state index contributed by atoms with van der Waals surface area (Å²) >= 11 is 0. The Kier molecular flexibility index (Phi) is 6.23. The van der Waals surface area contributed by atoms with E-state index < -0.39 is 7.37 Å². The summed E-state index contributed by atoms with van der Waals surface area (Å²) in [5.74, 6) is 0.799. The van der Waals surface area contributed by atoms with Crippen LogP contribution in [0.4, 0.5) is 0 Å². The first-order valence-corrected chi connectivity index (χ1v) is 9.63. The largest absolute Gasteiger partial charge is 0.489 e. The molecule has 0 aliphatic rings. The second kappa shape index (κ2) is 8.17. The quantitative estimate of drug-likeness (QED) is 0.635. The Morgan fingerprint density at radius 3 is 2.23 bits per heavy atom. The van der Waals surface area contributed by atoms with Crippen LogP contribution in [0.5, 0.6) is 5.75 Å². The van der Waals surface area contributed by atoms with Gasteiger partial charge in [0.1, 0.15) is 12.4 Å². The zero-order chi connectivity index (χ0) is 15.8. The van der Waals surface area contributed by atoms with Gasteiger partial charge in [-0.3, -0.25) is 4.57 Å². The fraction of sp³-hybridized carbons (Fsp3) is 0.333. The third-order valence-corrected chi connectivity index (χ3v) is 6.10. The van der Waals surface area contributed by atoms with Gasteiger partial charge < -0.3 is 9.26 Å². The molecule has 2 aromatic rings. The predicted octanol–water partition coefficient (Wildman–Crippen LogP) is 5.10. The van der Waals surface area contributed by atoms with E-state index in [0.29, 0.717) is 25.5 Å². The molecule has 2 aromatic carbocycles. The molecule has 0 aliphatic carbocycles. The van der Waals surface area contributed by atoms with Crippen molar-refractivity contribution in [2.24, 2.45) is 0 Å². The van der Waals surface area contributed by atoms with Crippen molar-refractivity contribution in [1.29, 1.82) is 0 Å². The van der Waals surface area contributed by atoms with Crippen molar-refractivity contribution in [2.45, 2.75) is 27.1 Å². The van der Waals surface area contributed by atoms with Crippen LogP contribution in [0.3, 0.4) is 0 Å². The highest BCUT2D eigenvalue weighted by Gasteiger charge is 2.17. The van der Waals surface area contributed by atoms with Gasteiger partial charge in [0.05, 0.1) is 6.61 Å². The molecule has 0 unspecified atom stereocenters. The van der Waals surface area contributed by atoms with E-state index in [1.165, 1.54) is 0 Å². The van der Waals surface area contributed by atoms with Gasteiger partial charge in [-0.15, -0.1) is 0 Å². The van der Waals surface area contributed by atoms with Gasteiger partial charge in [-0.1, -0.05) is 56.3 Å². The topological polar surface area (TPSA) is 35.5 Å². The molecule has 3 nitrogen and oxygen atoms in total. The summed E-state index contributed by atoms with van der Waals surface area (Å²) in [6.07, 6.45) is 1.15. The average Bonchev–Trinajstić information content (AvgIpc) is 2.59. The molecule has 0 heterocycles. The van der Waals surface area contributed by atoms with Crippen LogP contribution in [0, 0.1) is 0 Å². The molecule has 22 heavy (non-hydrogen) atoms. The maximum Gasteiger partial charge on any atom is 0.202 e. The summed E-state index contributed by atoms with van der Waals surface area (Å²) in [5, 5.41) is 0. The standard InChI is InChI=1S/C18H23O3P/c1-3-22(19,4-2)21-15-17-11-8-12-18(13-17)20-14-16-9-6-5-7-10-16/h5-13H,3-4,14-15H2,1-2H3. The molecule has 4 heteroatoms. The Morgan fingerprint density at radius 2 is 1.55 bits per heavy atom.